The van der Waals surface area contributed by atoms with Crippen LogP contribution in [-0.4, -0.2) is 131 Å². The monoisotopic (exact) mass is 966 g/mol. The van der Waals surface area contributed by atoms with E-state index in [0.29, 0.717) is 49.2 Å². The molecule has 0 bridgehead atoms. The van der Waals surface area contributed by atoms with Crippen LogP contribution in [0.15, 0.2) is 36.9 Å². The summed E-state index contributed by atoms with van der Waals surface area (Å²) >= 11 is 0. The molecule has 5 aliphatic rings. The zero-order valence-electron chi connectivity index (χ0n) is 40.6. The standard InChI is InChI=1S/C49H70N6O12S/c1-9-31-26-49(31,43(58)53-68(62,63)48(8)21-22-48)52-40(56)37-25-32(28-55(37)42(57)39(46(2,3)4)51-44(59)60)66-41-35(17-12-10-11-15-30-19-20-30)38(34-16-13-14-18-36(34)50-41)65-29-33-27-54(23-24-64-33)45(61)67-47(5,6)7/h9,13-14,16,18,30-33,37,39,51H,1,10-12,15,17,19-29H2,2-8H3,(H,52,56)(H,53,58)(H,59,60)/t31-,32?,33-,37+,39-,49-/m1/s1. The number of morpholine rings is 1. The van der Waals surface area contributed by atoms with Crippen molar-refractivity contribution in [2.75, 3.05) is 32.8 Å². The van der Waals surface area contributed by atoms with Crippen LogP contribution in [0.25, 0.3) is 10.9 Å². The molecule has 0 spiro atoms. The lowest BCUT2D eigenvalue weighted by molar-refractivity contribution is -0.142. The minimum atomic E-state index is -4.06. The molecule has 18 nitrogen and oxygen atoms in total. The van der Waals surface area contributed by atoms with E-state index in [4.69, 9.17) is 23.9 Å². The molecule has 1 unspecified atom stereocenters. The predicted octanol–water partition coefficient (Wildman–Crippen LogP) is 5.85. The average Bonchev–Trinajstić information content (AvgIpc) is 4.21. The van der Waals surface area contributed by atoms with Crippen molar-refractivity contribution < 1.29 is 56.4 Å². The summed E-state index contributed by atoms with van der Waals surface area (Å²) in [5.41, 5.74) is -1.98. The first-order valence-electron chi connectivity index (χ1n) is 24.1. The predicted molar refractivity (Wildman–Crippen MR) is 252 cm³/mol. The van der Waals surface area contributed by atoms with Crippen LogP contribution in [0.2, 0.25) is 0 Å². The lowest BCUT2D eigenvalue weighted by Gasteiger charge is -2.35. The van der Waals surface area contributed by atoms with Gasteiger partial charge in [-0.3, -0.25) is 19.1 Å². The number of nitrogens with zero attached hydrogens (tertiary/aromatic N) is 3. The number of carbonyl (C=O) groups excluding carboxylic acids is 4. The Morgan fingerprint density at radius 2 is 1.76 bits per heavy atom. The molecule has 7 rings (SSSR count). The number of carbonyl (C=O) groups is 5. The number of carboxylic acid groups (broad SMARTS) is 1. The number of pyridine rings is 1. The van der Waals surface area contributed by atoms with Gasteiger partial charge in [-0.05, 0) is 83.3 Å². The van der Waals surface area contributed by atoms with Crippen LogP contribution in [0, 0.1) is 17.3 Å². The van der Waals surface area contributed by atoms with Crippen molar-refractivity contribution >= 4 is 50.8 Å². The van der Waals surface area contributed by atoms with E-state index < -0.39 is 91.4 Å². The number of fused-ring (bicyclic) bond motifs is 1. The molecule has 374 valence electrons. The number of amides is 5. The maximum Gasteiger partial charge on any atom is 0.410 e. The number of hydrogen-bond acceptors (Lipinski definition) is 12. The first-order chi connectivity index (χ1) is 31.9. The van der Waals surface area contributed by atoms with Gasteiger partial charge < -0.3 is 44.5 Å². The fourth-order valence-corrected chi connectivity index (χ4v) is 10.4. The second-order valence-corrected chi connectivity index (χ2v) is 23.8. The summed E-state index contributed by atoms with van der Waals surface area (Å²) in [5.74, 6) is -1.31. The molecule has 2 saturated heterocycles. The average molecular weight is 967 g/mol. The highest BCUT2D eigenvalue weighted by atomic mass is 32.2. The number of para-hydroxylation sites is 1. The zero-order valence-corrected chi connectivity index (χ0v) is 41.4. The molecule has 4 N–H and O–H groups in total. The third kappa shape index (κ3) is 11.8. The van der Waals surface area contributed by atoms with Gasteiger partial charge in [0.05, 0.1) is 35.5 Å². The molecule has 5 amide bonds. The Morgan fingerprint density at radius 3 is 2.40 bits per heavy atom. The second-order valence-electron chi connectivity index (χ2n) is 21.6. The molecule has 2 aromatic rings. The van der Waals surface area contributed by atoms with Crippen LogP contribution >= 0.6 is 0 Å². The number of hydrogen-bond donors (Lipinski definition) is 4. The number of nitrogens with one attached hydrogen (secondary N) is 3. The Kier molecular flexibility index (Phi) is 14.7. The number of likely N-dealkylation sites (tertiary alicyclic amines) is 1. The molecule has 0 radical (unpaired) electrons. The SMILES string of the molecule is C=C[C@@H]1C[C@]1(NC(=O)[C@@H]1CC(Oc2nc3ccccc3c(OC[C@H]3CN(C(=O)OC(C)(C)C)CCO3)c2CCCCCC2CC2)CN1C(=O)[C@@H](NC(=O)O)C(C)(C)C)C(=O)NS(=O)(=O)C1(C)CC1. The molecule has 19 heteroatoms. The molecular weight excluding hydrogens is 897 g/mol. The second kappa shape index (κ2) is 19.7. The molecule has 6 atom stereocenters. The van der Waals surface area contributed by atoms with E-state index in [1.54, 1.807) is 32.6 Å². The summed E-state index contributed by atoms with van der Waals surface area (Å²) < 4.78 is 52.7. The molecule has 3 saturated carbocycles. The van der Waals surface area contributed by atoms with Gasteiger partial charge in [-0.25, -0.2) is 23.0 Å². The van der Waals surface area contributed by atoms with Crippen LogP contribution in [0.5, 0.6) is 11.6 Å². The van der Waals surface area contributed by atoms with Crippen LogP contribution in [-0.2, 0) is 40.3 Å². The lowest BCUT2D eigenvalue weighted by atomic mass is 9.85. The molecule has 2 aliphatic heterocycles. The Morgan fingerprint density at radius 1 is 1.04 bits per heavy atom. The van der Waals surface area contributed by atoms with E-state index in [2.05, 4.69) is 21.9 Å². The highest BCUT2D eigenvalue weighted by molar-refractivity contribution is 7.91. The largest absolute Gasteiger partial charge is 0.490 e. The van der Waals surface area contributed by atoms with E-state index in [9.17, 15) is 37.5 Å². The van der Waals surface area contributed by atoms with Crippen molar-refractivity contribution in [3.8, 4) is 11.6 Å². The third-order valence-corrected chi connectivity index (χ3v) is 15.9. The van der Waals surface area contributed by atoms with Crippen molar-refractivity contribution in [1.29, 1.82) is 0 Å². The van der Waals surface area contributed by atoms with E-state index >= 15 is 0 Å². The summed E-state index contributed by atoms with van der Waals surface area (Å²) in [4.78, 5) is 76.1. The van der Waals surface area contributed by atoms with Crippen molar-refractivity contribution in [2.45, 2.75) is 159 Å². The van der Waals surface area contributed by atoms with Gasteiger partial charge in [0.15, 0.2) is 0 Å². The summed E-state index contributed by atoms with van der Waals surface area (Å²) in [7, 11) is -4.06. The fourth-order valence-electron chi connectivity index (χ4n) is 9.08. The molecule has 5 fully saturated rings. The van der Waals surface area contributed by atoms with Gasteiger partial charge in [0.25, 0.3) is 5.91 Å². The number of unbranched alkanes of at least 4 members (excludes halogenated alkanes) is 2. The topological polar surface area (TPSA) is 232 Å². The van der Waals surface area contributed by atoms with Gasteiger partial charge in [0.1, 0.15) is 47.8 Å². The first-order valence-corrected chi connectivity index (χ1v) is 25.5. The van der Waals surface area contributed by atoms with E-state index in [1.165, 1.54) is 30.2 Å². The van der Waals surface area contributed by atoms with Crippen molar-refractivity contribution in [1.82, 2.24) is 30.1 Å². The highest BCUT2D eigenvalue weighted by Crippen LogP contribution is 2.47. The molecule has 1 aromatic carbocycles. The highest BCUT2D eigenvalue weighted by Gasteiger charge is 2.63. The number of rotatable bonds is 19. The quantitative estimate of drug-likeness (QED) is 0.0957. The minimum absolute atomic E-state index is 0.0731. The van der Waals surface area contributed by atoms with Crippen LogP contribution in [0.3, 0.4) is 0 Å². The summed E-state index contributed by atoms with van der Waals surface area (Å²) in [6.07, 6.45) is 6.16. The van der Waals surface area contributed by atoms with Gasteiger partial charge in [0.2, 0.25) is 27.7 Å². The summed E-state index contributed by atoms with van der Waals surface area (Å²) in [6.45, 7) is 16.8. The lowest BCUT2D eigenvalue weighted by Crippen LogP contribution is -2.60. The third-order valence-electron chi connectivity index (χ3n) is 13.7. The Hall–Kier alpha value is -5.17. The van der Waals surface area contributed by atoms with Gasteiger partial charge in [-0.2, -0.15) is 0 Å². The maximum absolute atomic E-state index is 14.6. The van der Waals surface area contributed by atoms with Gasteiger partial charge in [0, 0.05) is 24.3 Å². The Labute approximate surface area is 399 Å². The van der Waals surface area contributed by atoms with Crippen molar-refractivity contribution in [3.63, 3.8) is 0 Å². The molecular formula is C49H70N6O12S. The first kappa shape index (κ1) is 50.7. The Balaban J connectivity index is 1.19. The van der Waals surface area contributed by atoms with Crippen LogP contribution in [0.1, 0.15) is 118 Å². The number of ether oxygens (including phenoxy) is 4. The van der Waals surface area contributed by atoms with E-state index in [1.807, 2.05) is 45.0 Å². The van der Waals surface area contributed by atoms with Crippen LogP contribution in [0.4, 0.5) is 9.59 Å². The Bertz CT molecular complexity index is 2370. The molecule has 1 aromatic heterocycles. The normalized spacial score (nSPS) is 24.9. The van der Waals surface area contributed by atoms with Crippen molar-refractivity contribution in [2.24, 2.45) is 17.3 Å². The minimum Gasteiger partial charge on any atom is -0.490 e. The molecule has 68 heavy (non-hydrogen) atoms. The van der Waals surface area contributed by atoms with E-state index in [0.717, 1.165) is 30.6 Å². The summed E-state index contributed by atoms with van der Waals surface area (Å²) in [6, 6.07) is 4.95. The van der Waals surface area contributed by atoms with Crippen molar-refractivity contribution in [3.05, 3.63) is 42.5 Å². The molecule has 3 heterocycles. The number of benzene rings is 1. The van der Waals surface area contributed by atoms with Gasteiger partial charge in [-0.15, -0.1) is 6.58 Å². The molecule has 3 aliphatic carbocycles. The smallest absolute Gasteiger partial charge is 0.410 e. The fraction of sp³-hybridized carbons (Fsp3) is 0.673. The van der Waals surface area contributed by atoms with E-state index in [-0.39, 0.29) is 38.4 Å². The zero-order chi connectivity index (χ0) is 49.4. The number of aromatic nitrogens is 1. The summed E-state index contributed by atoms with van der Waals surface area (Å²) in [5, 5.41) is 15.7. The van der Waals surface area contributed by atoms with Crippen LogP contribution < -0.4 is 24.8 Å². The van der Waals surface area contributed by atoms with Gasteiger partial charge >= 0.3 is 12.2 Å². The number of sulfonamides is 1. The van der Waals surface area contributed by atoms with Gasteiger partial charge in [-0.1, -0.05) is 71.1 Å². The maximum atomic E-state index is 14.6.